The van der Waals surface area contributed by atoms with Gasteiger partial charge in [-0.25, -0.2) is 4.68 Å². The Labute approximate surface area is 160 Å². The number of nitrogens with zero attached hydrogens (tertiary/aromatic N) is 2. The third-order valence-electron chi connectivity index (χ3n) is 4.29. The molecule has 0 atom stereocenters. The second-order valence-corrected chi connectivity index (χ2v) is 7.30. The maximum Gasteiger partial charge on any atom is 0.244 e. The zero-order valence-corrected chi connectivity index (χ0v) is 15.7. The Balaban J connectivity index is 1.48. The van der Waals surface area contributed by atoms with E-state index in [2.05, 4.69) is 26.6 Å². The number of amides is 1. The van der Waals surface area contributed by atoms with Crippen LogP contribution in [0.1, 0.15) is 24.5 Å². The van der Waals surface area contributed by atoms with Gasteiger partial charge in [-0.1, -0.05) is 34.1 Å². The molecule has 2 aromatic carbocycles. The van der Waals surface area contributed by atoms with Crippen molar-refractivity contribution >= 4 is 33.3 Å². The van der Waals surface area contributed by atoms with E-state index in [1.54, 1.807) is 0 Å². The number of anilines is 2. The van der Waals surface area contributed by atoms with Crippen LogP contribution in [0.25, 0.3) is 5.69 Å². The van der Waals surface area contributed by atoms with E-state index in [1.807, 2.05) is 65.3 Å². The molecule has 6 heteroatoms. The molecule has 0 spiro atoms. The molecule has 2 N–H and O–H groups in total. The first-order valence-electron chi connectivity index (χ1n) is 8.64. The topological polar surface area (TPSA) is 59.0 Å². The highest BCUT2D eigenvalue weighted by atomic mass is 79.9. The average Bonchev–Trinajstić information content (AvgIpc) is 3.43. The molecule has 1 saturated carbocycles. The third-order valence-corrected chi connectivity index (χ3v) is 4.82. The molecule has 5 nitrogen and oxygen atoms in total. The van der Waals surface area contributed by atoms with Crippen molar-refractivity contribution in [2.24, 2.45) is 0 Å². The molecular weight excluding hydrogens is 392 g/mol. The fourth-order valence-corrected chi connectivity index (χ4v) is 3.03. The van der Waals surface area contributed by atoms with Gasteiger partial charge in [0.25, 0.3) is 0 Å². The van der Waals surface area contributed by atoms with Gasteiger partial charge in [-0.15, -0.1) is 0 Å². The maximum atomic E-state index is 12.4. The highest BCUT2D eigenvalue weighted by Gasteiger charge is 2.27. The fraction of sp³-hybridized carbons (Fsp3) is 0.200. The van der Waals surface area contributed by atoms with Gasteiger partial charge in [-0.05, 0) is 49.2 Å². The SMILES string of the molecule is O=C(CNc1ccc(Br)cc1)Nc1cc(C2CC2)nn1-c1ccccc1. The maximum absolute atomic E-state index is 12.4. The van der Waals surface area contributed by atoms with E-state index in [0.29, 0.717) is 11.7 Å². The number of rotatable bonds is 6. The van der Waals surface area contributed by atoms with Crippen molar-refractivity contribution < 1.29 is 4.79 Å². The van der Waals surface area contributed by atoms with Crippen LogP contribution in [0.2, 0.25) is 0 Å². The molecule has 0 saturated heterocycles. The van der Waals surface area contributed by atoms with Gasteiger partial charge < -0.3 is 10.6 Å². The average molecular weight is 411 g/mol. The standard InChI is InChI=1S/C20H19BrN4O/c21-15-8-10-16(11-9-15)22-13-20(26)23-19-12-18(14-6-7-14)24-25(19)17-4-2-1-3-5-17/h1-5,8-12,14,22H,6-7,13H2,(H,23,26). The van der Waals surface area contributed by atoms with Crippen LogP contribution in [0.3, 0.4) is 0 Å². The lowest BCUT2D eigenvalue weighted by Crippen LogP contribution is -2.23. The van der Waals surface area contributed by atoms with Crippen LogP contribution in [-0.2, 0) is 4.79 Å². The summed E-state index contributed by atoms with van der Waals surface area (Å²) in [6, 6.07) is 19.6. The number of para-hydroxylation sites is 1. The van der Waals surface area contributed by atoms with Gasteiger partial charge in [-0.2, -0.15) is 5.10 Å². The van der Waals surface area contributed by atoms with Crippen LogP contribution >= 0.6 is 15.9 Å². The van der Waals surface area contributed by atoms with Crippen molar-refractivity contribution in [1.82, 2.24) is 9.78 Å². The van der Waals surface area contributed by atoms with Crippen LogP contribution in [-0.4, -0.2) is 22.2 Å². The molecule has 4 rings (SSSR count). The summed E-state index contributed by atoms with van der Waals surface area (Å²) in [5.41, 5.74) is 2.89. The third kappa shape index (κ3) is 3.96. The summed E-state index contributed by atoms with van der Waals surface area (Å²) < 4.78 is 2.82. The summed E-state index contributed by atoms with van der Waals surface area (Å²) in [5, 5.41) is 10.8. The molecule has 1 amide bonds. The first-order chi connectivity index (χ1) is 12.7. The van der Waals surface area contributed by atoms with E-state index in [0.717, 1.165) is 21.5 Å². The van der Waals surface area contributed by atoms with E-state index in [-0.39, 0.29) is 12.5 Å². The van der Waals surface area contributed by atoms with Gasteiger partial charge in [0.15, 0.2) is 0 Å². The summed E-state index contributed by atoms with van der Waals surface area (Å²) in [6.45, 7) is 0.195. The van der Waals surface area contributed by atoms with Crippen LogP contribution in [0.15, 0.2) is 65.1 Å². The number of halogens is 1. The summed E-state index contributed by atoms with van der Waals surface area (Å²) in [7, 11) is 0. The van der Waals surface area contributed by atoms with E-state index in [4.69, 9.17) is 5.10 Å². The van der Waals surface area contributed by atoms with Crippen LogP contribution in [0.5, 0.6) is 0 Å². The molecule has 0 aliphatic heterocycles. The smallest absolute Gasteiger partial charge is 0.244 e. The molecular formula is C20H19BrN4O. The number of hydrogen-bond acceptors (Lipinski definition) is 3. The van der Waals surface area contributed by atoms with Crippen molar-refractivity contribution in [1.29, 1.82) is 0 Å². The summed E-state index contributed by atoms with van der Waals surface area (Å²) >= 11 is 3.40. The fourth-order valence-electron chi connectivity index (χ4n) is 2.77. The number of benzene rings is 2. The molecule has 132 valence electrons. The zero-order valence-electron chi connectivity index (χ0n) is 14.2. The van der Waals surface area contributed by atoms with E-state index >= 15 is 0 Å². The van der Waals surface area contributed by atoms with Gasteiger partial charge in [0, 0.05) is 22.1 Å². The molecule has 0 unspecified atom stereocenters. The van der Waals surface area contributed by atoms with Gasteiger partial charge in [0.05, 0.1) is 17.9 Å². The van der Waals surface area contributed by atoms with Crippen LogP contribution < -0.4 is 10.6 Å². The Bertz CT molecular complexity index is 901. The number of nitrogens with one attached hydrogen (secondary N) is 2. The lowest BCUT2D eigenvalue weighted by molar-refractivity contribution is -0.114. The largest absolute Gasteiger partial charge is 0.376 e. The highest BCUT2D eigenvalue weighted by molar-refractivity contribution is 9.10. The van der Waals surface area contributed by atoms with Gasteiger partial charge >= 0.3 is 0 Å². The molecule has 3 aromatic rings. The molecule has 0 bridgehead atoms. The van der Waals surface area contributed by atoms with Crippen molar-refractivity contribution in [3.05, 3.63) is 70.8 Å². The minimum Gasteiger partial charge on any atom is -0.376 e. The Morgan fingerprint density at radius 1 is 1.12 bits per heavy atom. The normalized spacial score (nSPS) is 13.4. The van der Waals surface area contributed by atoms with Crippen molar-refractivity contribution in [3.8, 4) is 5.69 Å². The second kappa shape index (κ2) is 7.33. The van der Waals surface area contributed by atoms with Crippen LogP contribution in [0.4, 0.5) is 11.5 Å². The quantitative estimate of drug-likeness (QED) is 0.625. The Hall–Kier alpha value is -2.60. The number of aromatic nitrogens is 2. The zero-order chi connectivity index (χ0) is 17.9. The van der Waals surface area contributed by atoms with E-state index in [9.17, 15) is 4.79 Å². The number of carbonyl (C=O) groups is 1. The predicted octanol–water partition coefficient (Wildman–Crippen LogP) is 4.56. The Morgan fingerprint density at radius 2 is 1.85 bits per heavy atom. The molecule has 1 heterocycles. The predicted molar refractivity (Wildman–Crippen MR) is 107 cm³/mol. The van der Waals surface area contributed by atoms with Gasteiger partial charge in [0.1, 0.15) is 5.82 Å². The molecule has 26 heavy (non-hydrogen) atoms. The first kappa shape index (κ1) is 16.8. The van der Waals surface area contributed by atoms with Crippen molar-refractivity contribution in [2.45, 2.75) is 18.8 Å². The van der Waals surface area contributed by atoms with E-state index < -0.39 is 0 Å². The second-order valence-electron chi connectivity index (χ2n) is 6.38. The summed E-state index contributed by atoms with van der Waals surface area (Å²) in [6.07, 6.45) is 2.34. The summed E-state index contributed by atoms with van der Waals surface area (Å²) in [5.74, 6) is 1.13. The van der Waals surface area contributed by atoms with Crippen molar-refractivity contribution in [2.75, 3.05) is 17.2 Å². The van der Waals surface area contributed by atoms with Gasteiger partial charge in [-0.3, -0.25) is 4.79 Å². The minimum atomic E-state index is -0.104. The number of hydrogen-bond donors (Lipinski definition) is 2. The number of carbonyl (C=O) groups excluding carboxylic acids is 1. The molecule has 1 fully saturated rings. The Kier molecular flexibility index (Phi) is 4.75. The van der Waals surface area contributed by atoms with Crippen LogP contribution in [0, 0.1) is 0 Å². The first-order valence-corrected chi connectivity index (χ1v) is 9.43. The summed E-state index contributed by atoms with van der Waals surface area (Å²) in [4.78, 5) is 12.4. The lowest BCUT2D eigenvalue weighted by atomic mass is 10.3. The lowest BCUT2D eigenvalue weighted by Gasteiger charge is -2.10. The van der Waals surface area contributed by atoms with Gasteiger partial charge in [0.2, 0.25) is 5.91 Å². The molecule has 0 radical (unpaired) electrons. The monoisotopic (exact) mass is 410 g/mol. The Morgan fingerprint density at radius 3 is 2.54 bits per heavy atom. The molecule has 1 aromatic heterocycles. The van der Waals surface area contributed by atoms with Crippen molar-refractivity contribution in [3.63, 3.8) is 0 Å². The minimum absolute atomic E-state index is 0.104. The molecule has 1 aliphatic rings. The highest BCUT2D eigenvalue weighted by Crippen LogP contribution is 2.40. The molecule has 1 aliphatic carbocycles. The van der Waals surface area contributed by atoms with E-state index in [1.165, 1.54) is 12.8 Å².